The number of esters is 1. The molecule has 2 aromatic carbocycles. The van der Waals surface area contributed by atoms with Crippen molar-refractivity contribution in [3.63, 3.8) is 0 Å². The molecule has 3 aromatic rings. The normalized spacial score (nSPS) is 24.8. The van der Waals surface area contributed by atoms with Gasteiger partial charge in [-0.05, 0) is 36.4 Å². The highest BCUT2D eigenvalue weighted by molar-refractivity contribution is 6.03. The summed E-state index contributed by atoms with van der Waals surface area (Å²) in [5.74, 6) is -0.849. The number of ether oxygens (including phenoxy) is 4. The minimum Gasteiger partial charge on any atom is -0.451 e. The van der Waals surface area contributed by atoms with Gasteiger partial charge in [-0.25, -0.2) is 9.59 Å². The van der Waals surface area contributed by atoms with E-state index in [-0.39, 0.29) is 12.4 Å². The first-order valence-electron chi connectivity index (χ1n) is 11.6. The lowest BCUT2D eigenvalue weighted by atomic mass is 9.92. The van der Waals surface area contributed by atoms with Gasteiger partial charge in [0.2, 0.25) is 0 Å². The molecule has 0 saturated carbocycles. The monoisotopic (exact) mass is 503 g/mol. The number of benzene rings is 2. The number of rotatable bonds is 8. The summed E-state index contributed by atoms with van der Waals surface area (Å²) >= 11 is 0. The molecule has 10 nitrogen and oxygen atoms in total. The first-order valence-corrected chi connectivity index (χ1v) is 11.6. The number of nitrogens with one attached hydrogen (secondary N) is 1. The van der Waals surface area contributed by atoms with Crippen LogP contribution in [0.5, 0.6) is 0 Å². The van der Waals surface area contributed by atoms with Crippen molar-refractivity contribution < 1.29 is 28.5 Å². The molecule has 1 N–H and O–H groups in total. The molecule has 5 rings (SSSR count). The summed E-state index contributed by atoms with van der Waals surface area (Å²) in [6.45, 7) is 3.89. The number of carbonyl (C=O) groups is 2. The molecular formula is C27H25N3O7. The van der Waals surface area contributed by atoms with E-state index in [2.05, 4.69) is 16.9 Å². The van der Waals surface area contributed by atoms with Crippen LogP contribution in [0.25, 0.3) is 0 Å². The van der Waals surface area contributed by atoms with Gasteiger partial charge in [0.25, 0.3) is 5.91 Å². The molecule has 0 unspecified atom stereocenters. The summed E-state index contributed by atoms with van der Waals surface area (Å²) in [4.78, 5) is 42.1. The molecule has 2 fully saturated rings. The van der Waals surface area contributed by atoms with Gasteiger partial charge in [-0.2, -0.15) is 4.98 Å². The average Bonchev–Trinajstić information content (AvgIpc) is 3.45. The van der Waals surface area contributed by atoms with Crippen LogP contribution in [0.2, 0.25) is 0 Å². The summed E-state index contributed by atoms with van der Waals surface area (Å²) in [5, 5.41) is 2.61. The van der Waals surface area contributed by atoms with Crippen LogP contribution in [-0.4, -0.2) is 59.1 Å². The van der Waals surface area contributed by atoms with Crippen molar-refractivity contribution >= 4 is 17.7 Å². The van der Waals surface area contributed by atoms with Crippen LogP contribution in [0.1, 0.15) is 26.9 Å². The third kappa shape index (κ3) is 4.46. The predicted molar refractivity (Wildman–Crippen MR) is 132 cm³/mol. The second-order valence-corrected chi connectivity index (χ2v) is 8.65. The van der Waals surface area contributed by atoms with Crippen LogP contribution in [-0.2, 0) is 18.9 Å². The topological polar surface area (TPSA) is 118 Å². The largest absolute Gasteiger partial charge is 0.451 e. The molecule has 5 atom stereocenters. The molecule has 2 aliphatic rings. The Labute approximate surface area is 212 Å². The summed E-state index contributed by atoms with van der Waals surface area (Å²) in [7, 11) is 1.50. The maximum Gasteiger partial charge on any atom is 0.351 e. The van der Waals surface area contributed by atoms with Gasteiger partial charge < -0.3 is 24.3 Å². The van der Waals surface area contributed by atoms with Crippen molar-refractivity contribution in [2.24, 2.45) is 0 Å². The Balaban J connectivity index is 1.37. The minimum absolute atomic E-state index is 0.0683. The van der Waals surface area contributed by atoms with E-state index in [4.69, 9.17) is 18.9 Å². The van der Waals surface area contributed by atoms with Gasteiger partial charge in [0, 0.05) is 18.9 Å². The Morgan fingerprint density at radius 1 is 1.14 bits per heavy atom. The SMILES string of the molecule is C=C[C@H](OC(=O)c1ccccc1)[C@@]12CO[C@@H]([C@H](n3ccc(NC(=O)c4ccccc4)nc3=O)O1)[C@@H]2OC. The van der Waals surface area contributed by atoms with Gasteiger partial charge >= 0.3 is 11.7 Å². The Kier molecular flexibility index (Phi) is 6.70. The van der Waals surface area contributed by atoms with E-state index in [1.165, 1.54) is 30.0 Å². The molecule has 1 amide bonds. The quantitative estimate of drug-likeness (QED) is 0.368. The second-order valence-electron chi connectivity index (χ2n) is 8.65. The van der Waals surface area contributed by atoms with E-state index in [0.29, 0.717) is 11.1 Å². The lowest BCUT2D eigenvalue weighted by Gasteiger charge is -2.36. The lowest BCUT2D eigenvalue weighted by molar-refractivity contribution is -0.202. The number of methoxy groups -OCH3 is 1. The highest BCUT2D eigenvalue weighted by Crippen LogP contribution is 2.48. The van der Waals surface area contributed by atoms with Crippen LogP contribution in [0.4, 0.5) is 5.82 Å². The standard InChI is InChI=1S/C27H25N3O7/c1-3-19(36-25(32)18-12-8-5-9-13-18)27-16-35-21(22(27)34-2)24(37-27)30-15-14-20(29-26(30)33)28-23(31)17-10-6-4-7-11-17/h3-15,19,21-22,24H,1,16H2,2H3,(H,28,29,31,33)/t19-,21+,22-,24+,27+/m0/s1. The molecular weight excluding hydrogens is 478 g/mol. The van der Waals surface area contributed by atoms with E-state index in [1.54, 1.807) is 60.7 Å². The van der Waals surface area contributed by atoms with Crippen molar-refractivity contribution in [2.75, 3.05) is 19.0 Å². The first-order chi connectivity index (χ1) is 18.0. The molecule has 2 bridgehead atoms. The molecule has 37 heavy (non-hydrogen) atoms. The second kappa shape index (κ2) is 10.1. The molecule has 2 aliphatic heterocycles. The van der Waals surface area contributed by atoms with Crippen LogP contribution in [0.15, 0.2) is 90.4 Å². The zero-order chi connectivity index (χ0) is 26.0. The highest BCUT2D eigenvalue weighted by Gasteiger charge is 2.66. The molecule has 0 radical (unpaired) electrons. The highest BCUT2D eigenvalue weighted by atomic mass is 16.7. The number of hydrogen-bond donors (Lipinski definition) is 1. The number of carbonyl (C=O) groups excluding carboxylic acids is 2. The number of aromatic nitrogens is 2. The van der Waals surface area contributed by atoms with Gasteiger partial charge in [0.15, 0.2) is 17.9 Å². The molecule has 1 aromatic heterocycles. The number of nitrogens with zero attached hydrogens (tertiary/aromatic N) is 2. The maximum atomic E-state index is 12.9. The average molecular weight is 504 g/mol. The lowest BCUT2D eigenvalue weighted by Crippen LogP contribution is -2.53. The van der Waals surface area contributed by atoms with Gasteiger partial charge in [0.05, 0.1) is 12.2 Å². The number of hydrogen-bond acceptors (Lipinski definition) is 8. The third-order valence-electron chi connectivity index (χ3n) is 6.48. The maximum absolute atomic E-state index is 12.9. The van der Waals surface area contributed by atoms with Crippen molar-refractivity contribution in [2.45, 2.75) is 30.1 Å². The number of anilines is 1. The molecule has 3 heterocycles. The molecule has 0 aliphatic carbocycles. The van der Waals surface area contributed by atoms with Crippen LogP contribution in [0, 0.1) is 0 Å². The van der Waals surface area contributed by atoms with Crippen molar-refractivity contribution in [3.05, 3.63) is 107 Å². The fourth-order valence-corrected chi connectivity index (χ4v) is 4.72. The minimum atomic E-state index is -1.23. The number of amides is 1. The smallest absolute Gasteiger partial charge is 0.351 e. The van der Waals surface area contributed by atoms with Gasteiger partial charge in [-0.3, -0.25) is 9.36 Å². The summed E-state index contributed by atoms with van der Waals surface area (Å²) in [6.07, 6.45) is -0.238. The van der Waals surface area contributed by atoms with Crippen LogP contribution >= 0.6 is 0 Å². The zero-order valence-electron chi connectivity index (χ0n) is 20.0. The van der Waals surface area contributed by atoms with Crippen molar-refractivity contribution in [1.29, 1.82) is 0 Å². The van der Waals surface area contributed by atoms with Crippen LogP contribution < -0.4 is 11.0 Å². The Bertz CT molecular complexity index is 1360. The summed E-state index contributed by atoms with van der Waals surface area (Å²) in [5.41, 5.74) is -1.08. The molecule has 10 heteroatoms. The van der Waals surface area contributed by atoms with E-state index in [1.807, 2.05) is 0 Å². The Hall–Kier alpha value is -4.12. The van der Waals surface area contributed by atoms with Crippen LogP contribution in [0.3, 0.4) is 0 Å². The van der Waals surface area contributed by atoms with E-state index in [0.717, 1.165) is 0 Å². The van der Waals surface area contributed by atoms with Gasteiger partial charge in [-0.15, -0.1) is 0 Å². The number of fused-ring (bicyclic) bond motifs is 2. The Morgan fingerprint density at radius 3 is 2.43 bits per heavy atom. The predicted octanol–water partition coefficient (Wildman–Crippen LogP) is 2.59. The summed E-state index contributed by atoms with van der Waals surface area (Å²) < 4.78 is 25.0. The molecule has 190 valence electrons. The van der Waals surface area contributed by atoms with Gasteiger partial charge in [-0.1, -0.05) is 43.0 Å². The fourth-order valence-electron chi connectivity index (χ4n) is 4.72. The Morgan fingerprint density at radius 2 is 1.81 bits per heavy atom. The van der Waals surface area contributed by atoms with E-state index in [9.17, 15) is 14.4 Å². The van der Waals surface area contributed by atoms with E-state index < -0.39 is 47.7 Å². The zero-order valence-corrected chi connectivity index (χ0v) is 20.0. The molecule has 2 saturated heterocycles. The van der Waals surface area contributed by atoms with Crippen molar-refractivity contribution in [1.82, 2.24) is 9.55 Å². The fraction of sp³-hybridized carbons (Fsp3) is 0.259. The third-order valence-corrected chi connectivity index (χ3v) is 6.48. The summed E-state index contributed by atoms with van der Waals surface area (Å²) in [6, 6.07) is 18.6. The van der Waals surface area contributed by atoms with Crippen molar-refractivity contribution in [3.8, 4) is 0 Å². The molecule has 0 spiro atoms. The van der Waals surface area contributed by atoms with E-state index >= 15 is 0 Å². The van der Waals surface area contributed by atoms with Gasteiger partial charge in [0.1, 0.15) is 18.0 Å². The first kappa shape index (κ1) is 24.6.